The van der Waals surface area contributed by atoms with Gasteiger partial charge in [-0.3, -0.25) is 8.98 Å². The van der Waals surface area contributed by atoms with Crippen molar-refractivity contribution in [2.45, 2.75) is 45.8 Å². The van der Waals surface area contributed by atoms with Gasteiger partial charge in [0.2, 0.25) is 0 Å². The van der Waals surface area contributed by atoms with E-state index in [1.54, 1.807) is 6.92 Å². The lowest BCUT2D eigenvalue weighted by atomic mass is 9.75. The Morgan fingerprint density at radius 3 is 2.33 bits per heavy atom. The van der Waals surface area contributed by atoms with Crippen LogP contribution in [0.1, 0.15) is 40.5 Å². The van der Waals surface area contributed by atoms with Crippen molar-refractivity contribution >= 4 is 17.0 Å². The molecule has 0 aromatic heterocycles. The first-order valence-electron chi connectivity index (χ1n) is 6.73. The number of hydrogen-bond acceptors (Lipinski definition) is 4. The van der Waals surface area contributed by atoms with Crippen LogP contribution in [0, 0.1) is 17.8 Å². The minimum absolute atomic E-state index is 0.203. The summed E-state index contributed by atoms with van der Waals surface area (Å²) < 4.78 is 22.5. The van der Waals surface area contributed by atoms with Crippen LogP contribution in [0.25, 0.3) is 0 Å². The Labute approximate surface area is 112 Å². The molecule has 18 heavy (non-hydrogen) atoms. The van der Waals surface area contributed by atoms with E-state index >= 15 is 0 Å². The number of rotatable bonds is 5. The quantitative estimate of drug-likeness (QED) is 0.723. The maximum Gasteiger partial charge on any atom is 0.310 e. The van der Waals surface area contributed by atoms with Gasteiger partial charge in [0.05, 0.1) is 24.4 Å². The van der Waals surface area contributed by atoms with Crippen molar-refractivity contribution < 1.29 is 17.9 Å². The highest BCUT2D eigenvalue weighted by Gasteiger charge is 2.44. The average Bonchev–Trinajstić information content (AvgIpc) is 2.32. The summed E-state index contributed by atoms with van der Waals surface area (Å²) in [5.41, 5.74) is 0. The van der Waals surface area contributed by atoms with Crippen LogP contribution in [0.3, 0.4) is 0 Å². The van der Waals surface area contributed by atoms with Gasteiger partial charge in [0.15, 0.2) is 11.1 Å². The average molecular weight is 276 g/mol. The zero-order valence-electron chi connectivity index (χ0n) is 11.7. The van der Waals surface area contributed by atoms with E-state index in [1.165, 1.54) is 0 Å². The number of esters is 1. The molecule has 1 aliphatic rings. The lowest BCUT2D eigenvalue weighted by Crippen LogP contribution is -2.45. The van der Waals surface area contributed by atoms with E-state index in [1.807, 2.05) is 20.8 Å². The Balaban J connectivity index is 2.89. The van der Waals surface area contributed by atoms with Crippen LogP contribution in [0.2, 0.25) is 0 Å². The highest BCUT2D eigenvalue weighted by atomic mass is 32.2. The Bertz CT molecular complexity index is 275. The summed E-state index contributed by atoms with van der Waals surface area (Å²) in [6, 6.07) is 0. The van der Waals surface area contributed by atoms with E-state index in [9.17, 15) is 9.00 Å². The van der Waals surface area contributed by atoms with E-state index in [0.29, 0.717) is 13.2 Å². The van der Waals surface area contributed by atoms with Crippen molar-refractivity contribution in [3.8, 4) is 0 Å². The number of carbonyl (C=O) groups is 1. The monoisotopic (exact) mass is 276 g/mol. The van der Waals surface area contributed by atoms with Gasteiger partial charge in [0.1, 0.15) is 0 Å². The Hall–Kier alpha value is -0.420. The third-order valence-corrected chi connectivity index (χ3v) is 5.29. The lowest BCUT2D eigenvalue weighted by molar-refractivity contribution is -0.151. The summed E-state index contributed by atoms with van der Waals surface area (Å²) in [4.78, 5) is 12.1. The van der Waals surface area contributed by atoms with Crippen molar-refractivity contribution in [1.82, 2.24) is 0 Å². The first-order chi connectivity index (χ1) is 8.52. The van der Waals surface area contributed by atoms with E-state index in [-0.39, 0.29) is 29.0 Å². The Morgan fingerprint density at radius 2 is 1.78 bits per heavy atom. The van der Waals surface area contributed by atoms with Gasteiger partial charge in [-0.15, -0.1) is 0 Å². The highest BCUT2D eigenvalue weighted by molar-refractivity contribution is 7.80. The van der Waals surface area contributed by atoms with Gasteiger partial charge in [-0.05, 0) is 38.5 Å². The number of hydrogen-bond donors (Lipinski definition) is 0. The summed E-state index contributed by atoms with van der Waals surface area (Å²) in [5.74, 6) is -0.103. The van der Waals surface area contributed by atoms with Crippen molar-refractivity contribution in [1.29, 1.82) is 0 Å². The topological polar surface area (TPSA) is 52.6 Å². The summed E-state index contributed by atoms with van der Waals surface area (Å²) in [5, 5.41) is -0.243. The maximum atomic E-state index is 12.2. The van der Waals surface area contributed by atoms with Gasteiger partial charge in [-0.2, -0.15) is 0 Å². The summed E-state index contributed by atoms with van der Waals surface area (Å²) in [7, 11) is 0. The SMILES string of the molecule is CCOC(=O)[C@@H]1C(C)CCC(C)C1S(=O)OCC. The molecular weight excluding hydrogens is 252 g/mol. The van der Waals surface area contributed by atoms with E-state index in [0.717, 1.165) is 12.8 Å². The molecule has 0 amide bonds. The molecule has 0 N–H and O–H groups in total. The molecule has 0 spiro atoms. The third kappa shape index (κ3) is 3.54. The summed E-state index contributed by atoms with van der Waals surface area (Å²) in [6.45, 7) is 8.45. The maximum absolute atomic E-state index is 12.2. The molecule has 106 valence electrons. The first kappa shape index (κ1) is 15.6. The molecule has 1 rings (SSSR count). The highest BCUT2D eigenvalue weighted by Crippen LogP contribution is 2.38. The van der Waals surface area contributed by atoms with Gasteiger partial charge in [0.25, 0.3) is 0 Å². The van der Waals surface area contributed by atoms with E-state index in [4.69, 9.17) is 8.92 Å². The molecule has 1 fully saturated rings. The first-order valence-corrected chi connectivity index (χ1v) is 7.87. The molecule has 0 aromatic rings. The van der Waals surface area contributed by atoms with Gasteiger partial charge in [-0.25, -0.2) is 4.21 Å². The van der Waals surface area contributed by atoms with Gasteiger partial charge < -0.3 is 4.74 Å². The van der Waals surface area contributed by atoms with E-state index < -0.39 is 11.1 Å². The third-order valence-electron chi connectivity index (χ3n) is 3.62. The van der Waals surface area contributed by atoms with E-state index in [2.05, 4.69) is 0 Å². The fourth-order valence-corrected chi connectivity index (χ4v) is 4.18. The second-order valence-corrected chi connectivity index (χ2v) is 6.24. The fourth-order valence-electron chi connectivity index (χ4n) is 2.66. The molecule has 1 aliphatic carbocycles. The molecule has 0 aromatic carbocycles. The Kier molecular flexibility index (Phi) is 6.29. The zero-order valence-corrected chi connectivity index (χ0v) is 12.5. The molecule has 4 unspecified atom stereocenters. The molecule has 0 saturated heterocycles. The zero-order chi connectivity index (χ0) is 13.7. The minimum atomic E-state index is -1.41. The number of ether oxygens (including phenoxy) is 1. The van der Waals surface area contributed by atoms with Crippen LogP contribution in [-0.4, -0.2) is 28.6 Å². The van der Waals surface area contributed by atoms with Gasteiger partial charge in [0, 0.05) is 0 Å². The van der Waals surface area contributed by atoms with Gasteiger partial charge >= 0.3 is 5.97 Å². The Morgan fingerprint density at radius 1 is 1.17 bits per heavy atom. The van der Waals surface area contributed by atoms with Crippen molar-refractivity contribution in [2.75, 3.05) is 13.2 Å². The molecule has 4 nitrogen and oxygen atoms in total. The van der Waals surface area contributed by atoms with Crippen LogP contribution in [0.15, 0.2) is 0 Å². The van der Waals surface area contributed by atoms with Crippen molar-refractivity contribution in [2.24, 2.45) is 17.8 Å². The molecule has 5 atom stereocenters. The molecule has 0 bridgehead atoms. The second kappa shape index (κ2) is 7.24. The molecule has 0 aliphatic heterocycles. The molecule has 0 heterocycles. The second-order valence-electron chi connectivity index (χ2n) is 4.94. The minimum Gasteiger partial charge on any atom is -0.466 e. The van der Waals surface area contributed by atoms with Crippen LogP contribution in [0.5, 0.6) is 0 Å². The standard InChI is InChI=1S/C13H24O4S/c1-5-16-13(14)11-9(3)7-8-10(4)12(11)18(15)17-6-2/h9-12H,5-8H2,1-4H3/t9?,10?,11-,12?,18?/m1/s1. The summed E-state index contributed by atoms with van der Waals surface area (Å²) in [6.07, 6.45) is 1.96. The van der Waals surface area contributed by atoms with Crippen molar-refractivity contribution in [3.05, 3.63) is 0 Å². The predicted molar refractivity (Wildman–Crippen MR) is 71.2 cm³/mol. The molecular formula is C13H24O4S. The van der Waals surface area contributed by atoms with Crippen molar-refractivity contribution in [3.63, 3.8) is 0 Å². The fraction of sp³-hybridized carbons (Fsp3) is 0.923. The van der Waals surface area contributed by atoms with Crippen LogP contribution in [-0.2, 0) is 24.8 Å². The van der Waals surface area contributed by atoms with Crippen LogP contribution in [0.4, 0.5) is 0 Å². The van der Waals surface area contributed by atoms with Gasteiger partial charge in [-0.1, -0.05) is 13.8 Å². The molecule has 5 heteroatoms. The largest absolute Gasteiger partial charge is 0.466 e. The normalized spacial score (nSPS) is 34.0. The van der Waals surface area contributed by atoms with Crippen LogP contribution >= 0.6 is 0 Å². The molecule has 1 saturated carbocycles. The smallest absolute Gasteiger partial charge is 0.310 e. The number of carbonyl (C=O) groups excluding carboxylic acids is 1. The lowest BCUT2D eigenvalue weighted by Gasteiger charge is -2.37. The molecule has 0 radical (unpaired) electrons. The van der Waals surface area contributed by atoms with Crippen LogP contribution < -0.4 is 0 Å². The predicted octanol–water partition coefficient (Wildman–Crippen LogP) is 2.30. The summed E-state index contributed by atoms with van der Waals surface area (Å²) >= 11 is -1.41.